The Morgan fingerprint density at radius 2 is 1.89 bits per heavy atom. The van der Waals surface area contributed by atoms with E-state index in [0.29, 0.717) is 42.3 Å². The summed E-state index contributed by atoms with van der Waals surface area (Å²) >= 11 is 0. The van der Waals surface area contributed by atoms with E-state index in [2.05, 4.69) is 19.9 Å². The number of hydrogen-bond acceptors (Lipinski definition) is 3. The number of fused-ring (bicyclic) bond motifs is 12. The van der Waals surface area contributed by atoms with Crippen molar-refractivity contribution in [3.8, 4) is 0 Å². The Kier molecular flexibility index (Phi) is 2.46. The Balaban J connectivity index is 1.38. The van der Waals surface area contributed by atoms with Crippen LogP contribution in [-0.2, 0) is 14.3 Å². The smallest absolute Gasteiger partial charge is 0.306 e. The lowest BCUT2D eigenvalue weighted by atomic mass is 9.49. The summed E-state index contributed by atoms with van der Waals surface area (Å²) in [7, 11) is 0. The van der Waals surface area contributed by atoms with Crippen LogP contribution in [0.15, 0.2) is 23.3 Å². The predicted octanol–water partition coefficient (Wildman–Crippen LogP) is 4.23. The van der Waals surface area contributed by atoms with Crippen molar-refractivity contribution in [2.75, 3.05) is 0 Å². The monoisotopic (exact) mass is 364 g/mol. The van der Waals surface area contributed by atoms with E-state index in [9.17, 15) is 9.59 Å². The van der Waals surface area contributed by atoms with Crippen LogP contribution >= 0.6 is 0 Å². The molecule has 4 saturated carbocycles. The number of carbonyl (C=O) groups is 2. The van der Waals surface area contributed by atoms with E-state index in [1.54, 1.807) is 5.57 Å². The molecule has 1 heterocycles. The minimum absolute atomic E-state index is 0.0354. The minimum Gasteiger partial charge on any atom is -0.458 e. The SMILES string of the molecule is C[C@]12CCC(=O)C=C1[C@@H]1C[C@@H]1C1C2=CC[C@@]2(C)C1[C@@H]1C[C@@H]1C21CCC(=O)O1. The van der Waals surface area contributed by atoms with Crippen molar-refractivity contribution >= 4 is 11.8 Å². The number of allylic oxidation sites excluding steroid dienone is 4. The fraction of sp³-hybridized carbons (Fsp3) is 0.750. The van der Waals surface area contributed by atoms with E-state index < -0.39 is 0 Å². The maximum atomic E-state index is 12.1. The summed E-state index contributed by atoms with van der Waals surface area (Å²) < 4.78 is 6.19. The van der Waals surface area contributed by atoms with Crippen molar-refractivity contribution in [3.05, 3.63) is 23.3 Å². The van der Waals surface area contributed by atoms with Gasteiger partial charge in [-0.2, -0.15) is 0 Å². The van der Waals surface area contributed by atoms with Gasteiger partial charge in [0, 0.05) is 29.6 Å². The third-order valence-electron chi connectivity index (χ3n) is 10.3. The number of rotatable bonds is 0. The molecule has 3 nitrogen and oxygen atoms in total. The van der Waals surface area contributed by atoms with Crippen LogP contribution in [0.3, 0.4) is 0 Å². The number of carbonyl (C=O) groups excluding carboxylic acids is 2. The highest BCUT2D eigenvalue weighted by Gasteiger charge is 2.80. The normalized spacial score (nSPS) is 59.0. The van der Waals surface area contributed by atoms with Crippen molar-refractivity contribution in [3.63, 3.8) is 0 Å². The van der Waals surface area contributed by atoms with Crippen molar-refractivity contribution in [2.24, 2.45) is 46.3 Å². The van der Waals surface area contributed by atoms with E-state index in [-0.39, 0.29) is 22.4 Å². The molecule has 0 radical (unpaired) electrons. The van der Waals surface area contributed by atoms with Crippen LogP contribution in [-0.4, -0.2) is 17.4 Å². The van der Waals surface area contributed by atoms with Gasteiger partial charge < -0.3 is 4.74 Å². The maximum Gasteiger partial charge on any atom is 0.306 e. The van der Waals surface area contributed by atoms with Crippen LogP contribution < -0.4 is 0 Å². The molecule has 0 aromatic rings. The molecule has 1 aliphatic heterocycles. The van der Waals surface area contributed by atoms with Crippen LogP contribution in [0.2, 0.25) is 0 Å². The number of esters is 1. The van der Waals surface area contributed by atoms with Crippen molar-refractivity contribution < 1.29 is 14.3 Å². The van der Waals surface area contributed by atoms with Gasteiger partial charge >= 0.3 is 5.97 Å². The van der Waals surface area contributed by atoms with Gasteiger partial charge in [-0.3, -0.25) is 9.59 Å². The van der Waals surface area contributed by atoms with Crippen LogP contribution in [0.25, 0.3) is 0 Å². The summed E-state index contributed by atoms with van der Waals surface area (Å²) in [5.41, 5.74) is 3.18. The quantitative estimate of drug-likeness (QED) is 0.477. The maximum absolute atomic E-state index is 12.1. The highest BCUT2D eigenvalue weighted by molar-refractivity contribution is 5.92. The minimum atomic E-state index is -0.175. The topological polar surface area (TPSA) is 43.4 Å². The lowest BCUT2D eigenvalue weighted by Crippen LogP contribution is -2.53. The lowest BCUT2D eigenvalue weighted by molar-refractivity contribution is -0.166. The second-order valence-corrected chi connectivity index (χ2v) is 11.1. The van der Waals surface area contributed by atoms with Crippen molar-refractivity contribution in [2.45, 2.75) is 64.4 Å². The highest BCUT2D eigenvalue weighted by atomic mass is 16.6. The Morgan fingerprint density at radius 1 is 1.04 bits per heavy atom. The Hall–Kier alpha value is -1.38. The molecule has 0 aromatic heterocycles. The Bertz CT molecular complexity index is 882. The average Bonchev–Trinajstić information content (AvgIpc) is 3.53. The standard InChI is InChI=1S/C24H28O3/c1-22-6-3-12(25)9-17(22)13-10-14(13)20-16(22)4-7-23(2)21(20)15-11-18(15)24(23)8-5-19(26)27-24/h4,9,13-15,18,20-21H,3,5-8,10-11H2,1-2H3/t13-,14+,15-,18+,20?,21?,22-,23+,24?/m1/s1. The fourth-order valence-electron chi connectivity index (χ4n) is 9.01. The van der Waals surface area contributed by atoms with Crippen molar-refractivity contribution in [1.82, 2.24) is 0 Å². The van der Waals surface area contributed by atoms with Gasteiger partial charge in [0.05, 0.1) is 0 Å². The molecule has 7 rings (SSSR count). The van der Waals surface area contributed by atoms with Crippen LogP contribution in [0, 0.1) is 46.3 Å². The predicted molar refractivity (Wildman–Crippen MR) is 99.5 cm³/mol. The van der Waals surface area contributed by atoms with Gasteiger partial charge in [-0.25, -0.2) is 0 Å². The fourth-order valence-corrected chi connectivity index (χ4v) is 9.01. The largest absolute Gasteiger partial charge is 0.458 e. The Labute approximate surface area is 160 Å². The molecule has 142 valence electrons. The zero-order valence-electron chi connectivity index (χ0n) is 16.3. The molecule has 1 spiro atoms. The molecule has 6 aliphatic carbocycles. The lowest BCUT2D eigenvalue weighted by Gasteiger charge is -2.56. The molecule has 9 atom stereocenters. The first kappa shape index (κ1) is 15.5. The zero-order chi connectivity index (χ0) is 18.3. The first-order valence-electron chi connectivity index (χ1n) is 11.1. The molecule has 0 aromatic carbocycles. The number of hydrogen-bond donors (Lipinski definition) is 0. The summed E-state index contributed by atoms with van der Waals surface area (Å²) in [5.74, 6) is 4.47. The molecule has 0 amide bonds. The van der Waals surface area contributed by atoms with Gasteiger partial charge in [-0.1, -0.05) is 31.1 Å². The first-order chi connectivity index (χ1) is 12.9. The molecule has 7 aliphatic rings. The van der Waals surface area contributed by atoms with E-state index in [4.69, 9.17) is 4.74 Å². The van der Waals surface area contributed by atoms with Crippen LogP contribution in [0.4, 0.5) is 0 Å². The molecule has 3 unspecified atom stereocenters. The summed E-state index contributed by atoms with van der Waals surface area (Å²) in [6.07, 6.45) is 11.4. The van der Waals surface area contributed by atoms with Gasteiger partial charge in [0.15, 0.2) is 5.78 Å². The van der Waals surface area contributed by atoms with E-state index in [1.165, 1.54) is 18.4 Å². The van der Waals surface area contributed by atoms with Gasteiger partial charge in [-0.05, 0) is 67.8 Å². The third kappa shape index (κ3) is 1.53. The Morgan fingerprint density at radius 3 is 2.67 bits per heavy atom. The summed E-state index contributed by atoms with van der Waals surface area (Å²) in [4.78, 5) is 24.3. The molecule has 0 N–H and O–H groups in total. The molecule has 5 fully saturated rings. The summed E-state index contributed by atoms with van der Waals surface area (Å²) in [6, 6.07) is 0. The highest BCUT2D eigenvalue weighted by Crippen LogP contribution is 2.81. The second kappa shape index (κ2) is 4.28. The number of ether oxygens (including phenoxy) is 1. The molecule has 0 bridgehead atoms. The van der Waals surface area contributed by atoms with Gasteiger partial charge in [-0.15, -0.1) is 0 Å². The molecular weight excluding hydrogens is 336 g/mol. The van der Waals surface area contributed by atoms with E-state index >= 15 is 0 Å². The third-order valence-corrected chi connectivity index (χ3v) is 10.3. The molecule has 27 heavy (non-hydrogen) atoms. The van der Waals surface area contributed by atoms with Gasteiger partial charge in [0.2, 0.25) is 0 Å². The zero-order valence-corrected chi connectivity index (χ0v) is 16.3. The van der Waals surface area contributed by atoms with Gasteiger partial charge in [0.1, 0.15) is 5.60 Å². The van der Waals surface area contributed by atoms with Gasteiger partial charge in [0.25, 0.3) is 0 Å². The van der Waals surface area contributed by atoms with Crippen molar-refractivity contribution in [1.29, 1.82) is 0 Å². The first-order valence-corrected chi connectivity index (χ1v) is 11.1. The van der Waals surface area contributed by atoms with E-state index in [0.717, 1.165) is 31.1 Å². The number of ketones is 1. The van der Waals surface area contributed by atoms with Crippen LogP contribution in [0.5, 0.6) is 0 Å². The average molecular weight is 364 g/mol. The summed E-state index contributed by atoms with van der Waals surface area (Å²) in [6.45, 7) is 4.87. The molecular formula is C24H28O3. The summed E-state index contributed by atoms with van der Waals surface area (Å²) in [5, 5.41) is 0. The second-order valence-electron chi connectivity index (χ2n) is 11.1. The molecule has 3 heteroatoms. The van der Waals surface area contributed by atoms with Crippen LogP contribution in [0.1, 0.15) is 58.8 Å². The molecule has 1 saturated heterocycles. The van der Waals surface area contributed by atoms with E-state index in [1.807, 2.05) is 6.08 Å².